The monoisotopic (exact) mass is 246 g/mol. The van der Waals surface area contributed by atoms with Crippen LogP contribution in [-0.2, 0) is 16.0 Å². The number of nitrogens with zero attached hydrogens (tertiary/aromatic N) is 1. The van der Waals surface area contributed by atoms with Gasteiger partial charge in [-0.1, -0.05) is 12.1 Å². The van der Waals surface area contributed by atoms with Gasteiger partial charge in [-0.25, -0.2) is 4.98 Å². The van der Waals surface area contributed by atoms with Gasteiger partial charge in [0.2, 0.25) is 18.3 Å². The fraction of sp³-hybridized carbons (Fsp3) is 0.250. The second-order valence-electron chi connectivity index (χ2n) is 3.98. The predicted octanol–water partition coefficient (Wildman–Crippen LogP) is 0.939. The number of primary amides is 1. The highest BCUT2D eigenvalue weighted by Crippen LogP contribution is 2.20. The standard InChI is InChI=1S/C12H14N4O2/c13-10(18)6-2-4-8-3-1-5-9-11(8)16-12(15-9)14-7-17/h1,3,5,7H,2,4,6H2,(H2,13,18)(H2,14,15,16,17). The third kappa shape index (κ3) is 2.65. The van der Waals surface area contributed by atoms with E-state index in [-0.39, 0.29) is 5.91 Å². The summed E-state index contributed by atoms with van der Waals surface area (Å²) in [6.07, 6.45) is 2.36. The number of aromatic nitrogens is 2. The molecule has 0 radical (unpaired) electrons. The number of carbonyl (C=O) groups is 2. The van der Waals surface area contributed by atoms with E-state index in [1.165, 1.54) is 0 Å². The van der Waals surface area contributed by atoms with E-state index in [0.29, 0.717) is 25.2 Å². The second kappa shape index (κ2) is 5.31. The Kier molecular flexibility index (Phi) is 3.57. The molecule has 6 heteroatoms. The maximum Gasteiger partial charge on any atom is 0.217 e. The molecule has 0 saturated carbocycles. The van der Waals surface area contributed by atoms with Crippen LogP contribution in [-0.4, -0.2) is 22.3 Å². The fourth-order valence-electron chi connectivity index (χ4n) is 1.87. The smallest absolute Gasteiger partial charge is 0.217 e. The summed E-state index contributed by atoms with van der Waals surface area (Å²) >= 11 is 0. The molecule has 18 heavy (non-hydrogen) atoms. The molecule has 1 aromatic heterocycles. The Labute approximate surface area is 104 Å². The van der Waals surface area contributed by atoms with Crippen LogP contribution in [0.4, 0.5) is 5.95 Å². The predicted molar refractivity (Wildman–Crippen MR) is 67.9 cm³/mol. The molecule has 0 atom stereocenters. The molecule has 2 aromatic rings. The zero-order valence-corrected chi connectivity index (χ0v) is 9.77. The number of rotatable bonds is 6. The minimum absolute atomic E-state index is 0.299. The Morgan fingerprint density at radius 3 is 3.06 bits per heavy atom. The molecule has 1 aromatic carbocycles. The summed E-state index contributed by atoms with van der Waals surface area (Å²) in [4.78, 5) is 28.3. The number of aryl methyl sites for hydroxylation is 1. The van der Waals surface area contributed by atoms with E-state index in [0.717, 1.165) is 23.0 Å². The van der Waals surface area contributed by atoms with Gasteiger partial charge in [0.15, 0.2) is 0 Å². The number of hydrogen-bond donors (Lipinski definition) is 3. The summed E-state index contributed by atoms with van der Waals surface area (Å²) in [5.41, 5.74) is 7.80. The molecule has 0 spiro atoms. The van der Waals surface area contributed by atoms with E-state index in [1.807, 2.05) is 18.2 Å². The zero-order valence-electron chi connectivity index (χ0n) is 9.77. The summed E-state index contributed by atoms with van der Waals surface area (Å²) in [5, 5.41) is 2.48. The molecule has 1 heterocycles. The van der Waals surface area contributed by atoms with Gasteiger partial charge in [0, 0.05) is 6.42 Å². The topological polar surface area (TPSA) is 101 Å². The maximum absolute atomic E-state index is 10.7. The summed E-state index contributed by atoms with van der Waals surface area (Å²) in [5.74, 6) is 0.120. The number of imidazole rings is 1. The molecular formula is C12H14N4O2. The molecule has 0 aliphatic rings. The first-order chi connectivity index (χ1) is 8.70. The van der Waals surface area contributed by atoms with Crippen LogP contribution in [0.25, 0.3) is 11.0 Å². The van der Waals surface area contributed by atoms with Crippen molar-refractivity contribution in [1.29, 1.82) is 0 Å². The first-order valence-corrected chi connectivity index (χ1v) is 5.67. The molecule has 0 aliphatic carbocycles. The number of anilines is 1. The molecule has 2 amide bonds. The van der Waals surface area contributed by atoms with E-state index in [1.54, 1.807) is 0 Å². The maximum atomic E-state index is 10.7. The van der Waals surface area contributed by atoms with Crippen LogP contribution in [0, 0.1) is 0 Å². The number of benzene rings is 1. The van der Waals surface area contributed by atoms with Crippen LogP contribution in [0.2, 0.25) is 0 Å². The van der Waals surface area contributed by atoms with Crippen molar-refractivity contribution in [3.05, 3.63) is 23.8 Å². The van der Waals surface area contributed by atoms with Crippen molar-refractivity contribution >= 4 is 29.3 Å². The van der Waals surface area contributed by atoms with Gasteiger partial charge < -0.3 is 10.7 Å². The number of para-hydroxylation sites is 1. The van der Waals surface area contributed by atoms with Crippen molar-refractivity contribution < 1.29 is 9.59 Å². The molecular weight excluding hydrogens is 232 g/mol. The lowest BCUT2D eigenvalue weighted by molar-refractivity contribution is -0.118. The third-order valence-electron chi connectivity index (χ3n) is 2.66. The Morgan fingerprint density at radius 2 is 2.33 bits per heavy atom. The minimum atomic E-state index is -0.299. The van der Waals surface area contributed by atoms with Gasteiger partial charge in [-0.15, -0.1) is 0 Å². The molecule has 2 rings (SSSR count). The van der Waals surface area contributed by atoms with E-state index in [4.69, 9.17) is 5.73 Å². The van der Waals surface area contributed by atoms with Gasteiger partial charge in [-0.3, -0.25) is 14.9 Å². The quantitative estimate of drug-likeness (QED) is 0.661. The second-order valence-corrected chi connectivity index (χ2v) is 3.98. The number of hydrogen-bond acceptors (Lipinski definition) is 3. The van der Waals surface area contributed by atoms with Crippen molar-refractivity contribution in [2.45, 2.75) is 19.3 Å². The first-order valence-electron chi connectivity index (χ1n) is 5.67. The van der Waals surface area contributed by atoms with Crippen LogP contribution in [0.5, 0.6) is 0 Å². The molecule has 0 unspecified atom stereocenters. The number of fused-ring (bicyclic) bond motifs is 1. The Morgan fingerprint density at radius 1 is 1.50 bits per heavy atom. The summed E-state index contributed by atoms with van der Waals surface area (Å²) in [6.45, 7) is 0. The van der Waals surface area contributed by atoms with Crippen LogP contribution in [0.1, 0.15) is 18.4 Å². The van der Waals surface area contributed by atoms with Gasteiger partial charge in [0.1, 0.15) is 0 Å². The van der Waals surface area contributed by atoms with Crippen LogP contribution >= 0.6 is 0 Å². The van der Waals surface area contributed by atoms with E-state index < -0.39 is 0 Å². The highest BCUT2D eigenvalue weighted by atomic mass is 16.1. The fourth-order valence-corrected chi connectivity index (χ4v) is 1.87. The zero-order chi connectivity index (χ0) is 13.0. The van der Waals surface area contributed by atoms with Gasteiger partial charge >= 0.3 is 0 Å². The van der Waals surface area contributed by atoms with Crippen molar-refractivity contribution in [1.82, 2.24) is 9.97 Å². The molecule has 0 fully saturated rings. The molecule has 0 bridgehead atoms. The Bertz CT molecular complexity index is 576. The number of aromatic amines is 1. The van der Waals surface area contributed by atoms with E-state index >= 15 is 0 Å². The number of amides is 2. The number of nitrogens with one attached hydrogen (secondary N) is 2. The Hall–Kier alpha value is -2.37. The third-order valence-corrected chi connectivity index (χ3v) is 2.66. The molecule has 4 N–H and O–H groups in total. The SMILES string of the molecule is NC(=O)CCCc1cccc2[nH]c(NC=O)nc12. The van der Waals surface area contributed by atoms with Crippen LogP contribution < -0.4 is 11.1 Å². The molecule has 6 nitrogen and oxygen atoms in total. The molecule has 94 valence electrons. The van der Waals surface area contributed by atoms with Crippen molar-refractivity contribution in [2.75, 3.05) is 5.32 Å². The molecule has 0 aliphatic heterocycles. The lowest BCUT2D eigenvalue weighted by Crippen LogP contribution is -2.10. The van der Waals surface area contributed by atoms with E-state index in [9.17, 15) is 9.59 Å². The minimum Gasteiger partial charge on any atom is -0.370 e. The largest absolute Gasteiger partial charge is 0.370 e. The normalized spacial score (nSPS) is 10.4. The summed E-state index contributed by atoms with van der Waals surface area (Å²) < 4.78 is 0. The van der Waals surface area contributed by atoms with Crippen molar-refractivity contribution in [2.24, 2.45) is 5.73 Å². The number of nitrogens with two attached hydrogens (primary N) is 1. The lowest BCUT2D eigenvalue weighted by Gasteiger charge is -2.00. The van der Waals surface area contributed by atoms with Gasteiger partial charge in [-0.2, -0.15) is 0 Å². The molecule has 0 saturated heterocycles. The van der Waals surface area contributed by atoms with Gasteiger partial charge in [-0.05, 0) is 24.5 Å². The highest BCUT2D eigenvalue weighted by molar-refractivity contribution is 5.83. The first kappa shape index (κ1) is 12.1. The number of H-pyrrole nitrogens is 1. The average Bonchev–Trinajstić information content (AvgIpc) is 2.72. The van der Waals surface area contributed by atoms with E-state index in [2.05, 4.69) is 15.3 Å². The van der Waals surface area contributed by atoms with Gasteiger partial charge in [0.05, 0.1) is 11.0 Å². The van der Waals surface area contributed by atoms with Gasteiger partial charge in [0.25, 0.3) is 0 Å². The lowest BCUT2D eigenvalue weighted by atomic mass is 10.1. The van der Waals surface area contributed by atoms with Crippen LogP contribution in [0.3, 0.4) is 0 Å². The Balaban J connectivity index is 2.21. The van der Waals surface area contributed by atoms with Crippen LogP contribution in [0.15, 0.2) is 18.2 Å². The summed E-state index contributed by atoms with van der Waals surface area (Å²) in [7, 11) is 0. The van der Waals surface area contributed by atoms with Crippen molar-refractivity contribution in [3.63, 3.8) is 0 Å². The summed E-state index contributed by atoms with van der Waals surface area (Å²) in [6, 6.07) is 5.75. The number of carbonyl (C=O) groups excluding carboxylic acids is 2. The highest BCUT2D eigenvalue weighted by Gasteiger charge is 2.07. The average molecular weight is 246 g/mol. The van der Waals surface area contributed by atoms with Crippen molar-refractivity contribution in [3.8, 4) is 0 Å².